The molecular formula is C21H26N4OS2. The first-order valence-corrected chi connectivity index (χ1v) is 11.3. The molecule has 28 heavy (non-hydrogen) atoms. The topological polar surface area (TPSA) is 59.8 Å². The van der Waals surface area contributed by atoms with Crippen molar-refractivity contribution in [2.24, 2.45) is 0 Å². The number of carbonyl (C=O) groups excluding carboxylic acids is 1. The quantitative estimate of drug-likeness (QED) is 0.414. The molecule has 1 N–H and O–H groups in total. The molecule has 148 valence electrons. The number of benzene rings is 1. The van der Waals surface area contributed by atoms with Crippen LogP contribution in [0, 0.1) is 20.8 Å². The first-order chi connectivity index (χ1) is 13.5. The Hall–Kier alpha value is -2.12. The summed E-state index contributed by atoms with van der Waals surface area (Å²) in [6.07, 6.45) is 6.71. The number of aromatic nitrogens is 3. The summed E-state index contributed by atoms with van der Waals surface area (Å²) in [5.74, 6) is 0.415. The lowest BCUT2D eigenvalue weighted by Crippen LogP contribution is -2.26. The molecule has 0 atom stereocenters. The molecular weight excluding hydrogens is 388 g/mol. The first-order valence-electron chi connectivity index (χ1n) is 9.45. The van der Waals surface area contributed by atoms with Gasteiger partial charge in [0.05, 0.1) is 16.4 Å². The number of hydrogen-bond donors (Lipinski definition) is 1. The van der Waals surface area contributed by atoms with Gasteiger partial charge in [-0.2, -0.15) is 0 Å². The van der Waals surface area contributed by atoms with E-state index in [4.69, 9.17) is 0 Å². The molecule has 5 nitrogen and oxygen atoms in total. The van der Waals surface area contributed by atoms with Crippen molar-refractivity contribution in [1.82, 2.24) is 19.9 Å². The molecule has 1 aromatic carbocycles. The Morgan fingerprint density at radius 2 is 2.11 bits per heavy atom. The van der Waals surface area contributed by atoms with Crippen LogP contribution in [0.5, 0.6) is 0 Å². The average molecular weight is 415 g/mol. The van der Waals surface area contributed by atoms with Crippen molar-refractivity contribution in [2.75, 3.05) is 12.3 Å². The van der Waals surface area contributed by atoms with Crippen LogP contribution in [0.3, 0.4) is 0 Å². The maximum absolute atomic E-state index is 12.2. The van der Waals surface area contributed by atoms with Gasteiger partial charge in [0, 0.05) is 30.0 Å². The van der Waals surface area contributed by atoms with Crippen LogP contribution < -0.4 is 5.32 Å². The zero-order valence-corrected chi connectivity index (χ0v) is 18.2. The minimum absolute atomic E-state index is 0.0469. The highest BCUT2D eigenvalue weighted by molar-refractivity contribution is 7.99. The summed E-state index contributed by atoms with van der Waals surface area (Å²) in [5.41, 5.74) is 4.66. The molecule has 3 rings (SSSR count). The maximum atomic E-state index is 12.2. The van der Waals surface area contributed by atoms with E-state index in [1.807, 2.05) is 19.2 Å². The first kappa shape index (κ1) is 20.6. The van der Waals surface area contributed by atoms with Gasteiger partial charge in [-0.05, 0) is 57.2 Å². The minimum atomic E-state index is 0.0469. The fourth-order valence-electron chi connectivity index (χ4n) is 2.90. The van der Waals surface area contributed by atoms with Gasteiger partial charge in [-0.25, -0.2) is 9.97 Å². The van der Waals surface area contributed by atoms with Gasteiger partial charge in [0.25, 0.3) is 0 Å². The van der Waals surface area contributed by atoms with Crippen LogP contribution in [0.15, 0.2) is 41.1 Å². The summed E-state index contributed by atoms with van der Waals surface area (Å²) in [6, 6.07) is 6.23. The van der Waals surface area contributed by atoms with Crippen LogP contribution in [0.2, 0.25) is 0 Å². The van der Waals surface area contributed by atoms with E-state index in [1.54, 1.807) is 17.5 Å². The van der Waals surface area contributed by atoms with Crippen molar-refractivity contribution in [2.45, 2.75) is 45.2 Å². The number of aryl methyl sites for hydroxylation is 3. The molecule has 0 aliphatic carbocycles. The van der Waals surface area contributed by atoms with Crippen LogP contribution in [0.4, 0.5) is 0 Å². The number of rotatable bonds is 9. The van der Waals surface area contributed by atoms with E-state index in [9.17, 15) is 4.79 Å². The van der Waals surface area contributed by atoms with Crippen LogP contribution in [-0.2, 0) is 11.2 Å². The second-order valence-corrected chi connectivity index (χ2v) is 8.66. The highest BCUT2D eigenvalue weighted by Crippen LogP contribution is 2.24. The Kier molecular flexibility index (Phi) is 7.28. The van der Waals surface area contributed by atoms with Crippen molar-refractivity contribution in [1.29, 1.82) is 0 Å². The number of nitrogens with one attached hydrogen (secondary N) is 1. The second kappa shape index (κ2) is 9.89. The monoisotopic (exact) mass is 414 g/mol. The van der Waals surface area contributed by atoms with Crippen LogP contribution >= 0.6 is 23.1 Å². The van der Waals surface area contributed by atoms with Gasteiger partial charge in [-0.1, -0.05) is 23.9 Å². The molecule has 0 bridgehead atoms. The van der Waals surface area contributed by atoms with Gasteiger partial charge >= 0.3 is 0 Å². The smallest absolute Gasteiger partial charge is 0.230 e. The molecule has 0 aliphatic rings. The number of nitrogens with zero attached hydrogens (tertiary/aromatic N) is 3. The van der Waals surface area contributed by atoms with Gasteiger partial charge in [-0.15, -0.1) is 11.3 Å². The number of thioether (sulfide) groups is 1. The number of imidazole rings is 1. The molecule has 3 aromatic rings. The Bertz CT molecular complexity index is 932. The van der Waals surface area contributed by atoms with Crippen LogP contribution in [-0.4, -0.2) is 32.7 Å². The van der Waals surface area contributed by atoms with Crippen molar-refractivity contribution in [3.63, 3.8) is 0 Å². The summed E-state index contributed by atoms with van der Waals surface area (Å²) in [5, 5.41) is 7.10. The molecule has 0 aliphatic heterocycles. The molecule has 7 heteroatoms. The Balaban J connectivity index is 1.43. The van der Waals surface area contributed by atoms with Gasteiger partial charge in [-0.3, -0.25) is 9.36 Å². The normalized spacial score (nSPS) is 11.0. The van der Waals surface area contributed by atoms with E-state index < -0.39 is 0 Å². The molecule has 0 unspecified atom stereocenters. The SMILES string of the molecule is Cc1csc(CCCCNC(=O)CSc2nccn2-c2cccc(C)c2C)n1. The number of hydrogen-bond acceptors (Lipinski definition) is 5. The van der Waals surface area contributed by atoms with E-state index in [0.29, 0.717) is 12.3 Å². The highest BCUT2D eigenvalue weighted by Gasteiger charge is 2.11. The van der Waals surface area contributed by atoms with E-state index in [1.165, 1.54) is 27.9 Å². The largest absolute Gasteiger partial charge is 0.355 e. The van der Waals surface area contributed by atoms with Crippen LogP contribution in [0.1, 0.15) is 34.7 Å². The third kappa shape index (κ3) is 5.45. The predicted molar refractivity (Wildman–Crippen MR) is 117 cm³/mol. The Morgan fingerprint density at radius 1 is 1.25 bits per heavy atom. The summed E-state index contributed by atoms with van der Waals surface area (Å²) < 4.78 is 2.05. The standard InChI is InChI=1S/C21H26N4OS2/c1-15-7-6-8-18(17(15)3)25-12-11-23-21(25)28-14-19(26)22-10-5-4-9-20-24-16(2)13-27-20/h6-8,11-13H,4-5,9-10,14H2,1-3H3,(H,22,26). The molecule has 0 spiro atoms. The predicted octanol–water partition coefficient (Wildman–Crippen LogP) is 4.49. The van der Waals surface area contributed by atoms with Gasteiger partial charge in [0.2, 0.25) is 5.91 Å². The van der Waals surface area contributed by atoms with E-state index in [-0.39, 0.29) is 5.91 Å². The fraction of sp³-hybridized carbons (Fsp3) is 0.381. The molecule has 0 saturated carbocycles. The number of carbonyl (C=O) groups is 1. The van der Waals surface area contributed by atoms with E-state index in [2.05, 4.69) is 51.2 Å². The molecule has 2 aromatic heterocycles. The second-order valence-electron chi connectivity index (χ2n) is 6.78. The average Bonchev–Trinajstić information content (AvgIpc) is 3.31. The zero-order chi connectivity index (χ0) is 19.9. The third-order valence-electron chi connectivity index (χ3n) is 4.58. The maximum Gasteiger partial charge on any atom is 0.230 e. The van der Waals surface area contributed by atoms with E-state index in [0.717, 1.165) is 35.8 Å². The third-order valence-corrected chi connectivity index (χ3v) is 6.57. The fourth-order valence-corrected chi connectivity index (χ4v) is 4.52. The number of amides is 1. The Labute approximate surface area is 174 Å². The molecule has 0 radical (unpaired) electrons. The van der Waals surface area contributed by atoms with Gasteiger partial charge in [0.15, 0.2) is 5.16 Å². The molecule has 2 heterocycles. The summed E-state index contributed by atoms with van der Waals surface area (Å²) in [7, 11) is 0. The molecule has 1 amide bonds. The van der Waals surface area contributed by atoms with Gasteiger partial charge in [0.1, 0.15) is 0 Å². The van der Waals surface area contributed by atoms with Gasteiger partial charge < -0.3 is 5.32 Å². The Morgan fingerprint density at radius 3 is 2.89 bits per heavy atom. The summed E-state index contributed by atoms with van der Waals surface area (Å²) in [4.78, 5) is 21.0. The molecule has 0 fully saturated rings. The highest BCUT2D eigenvalue weighted by atomic mass is 32.2. The molecule has 0 saturated heterocycles. The van der Waals surface area contributed by atoms with Crippen LogP contribution in [0.25, 0.3) is 5.69 Å². The number of thiazole rings is 1. The summed E-state index contributed by atoms with van der Waals surface area (Å²) in [6.45, 7) is 6.93. The number of unbranched alkanes of at least 4 members (excludes halogenated alkanes) is 1. The minimum Gasteiger partial charge on any atom is -0.355 e. The van der Waals surface area contributed by atoms with Crippen molar-refractivity contribution in [3.05, 3.63) is 57.8 Å². The van der Waals surface area contributed by atoms with Crippen molar-refractivity contribution in [3.8, 4) is 5.69 Å². The summed E-state index contributed by atoms with van der Waals surface area (Å²) >= 11 is 3.18. The van der Waals surface area contributed by atoms with E-state index >= 15 is 0 Å². The lowest BCUT2D eigenvalue weighted by Gasteiger charge is -2.12. The van der Waals surface area contributed by atoms with Crippen molar-refractivity contribution >= 4 is 29.0 Å². The zero-order valence-electron chi connectivity index (χ0n) is 16.6. The lowest BCUT2D eigenvalue weighted by atomic mass is 10.1. The lowest BCUT2D eigenvalue weighted by molar-refractivity contribution is -0.118. The van der Waals surface area contributed by atoms with Crippen molar-refractivity contribution < 1.29 is 4.79 Å².